The average Bonchev–Trinajstić information content (AvgIpc) is 3.17. The van der Waals surface area contributed by atoms with Crippen LogP contribution in [0.25, 0.3) is 11.3 Å². The minimum Gasteiger partial charge on any atom is -0.475 e. The van der Waals surface area contributed by atoms with Gasteiger partial charge >= 0.3 is 0 Å². The molecular weight excluding hydrogens is 446 g/mol. The molecule has 8 nitrogen and oxygen atoms in total. The molecule has 0 aliphatic rings. The predicted molar refractivity (Wildman–Crippen MR) is 115 cm³/mol. The lowest BCUT2D eigenvalue weighted by atomic mass is 10.1. The highest BCUT2D eigenvalue weighted by molar-refractivity contribution is 6.33. The molecule has 0 aliphatic carbocycles. The summed E-state index contributed by atoms with van der Waals surface area (Å²) in [5.74, 6) is -2.49. The summed E-state index contributed by atoms with van der Waals surface area (Å²) in [5.41, 5.74) is 0.951. The Balaban J connectivity index is 1.90. The molecule has 0 bridgehead atoms. The summed E-state index contributed by atoms with van der Waals surface area (Å²) >= 11 is 6.27. The molecule has 0 saturated heterocycles. The molecule has 1 aromatic heterocycles. The summed E-state index contributed by atoms with van der Waals surface area (Å²) in [4.78, 5) is 0. The summed E-state index contributed by atoms with van der Waals surface area (Å²) in [5, 5.41) is 36.7. The van der Waals surface area contributed by atoms with E-state index in [1.165, 1.54) is 0 Å². The molecule has 0 saturated carbocycles. The molecular formula is C21H19ClF2N4O4. The van der Waals surface area contributed by atoms with E-state index in [0.29, 0.717) is 22.3 Å². The van der Waals surface area contributed by atoms with Gasteiger partial charge in [-0.3, -0.25) is 10.5 Å². The number of anilines is 1. The largest absolute Gasteiger partial charge is 0.475 e. The van der Waals surface area contributed by atoms with Crippen LogP contribution in [0.15, 0.2) is 54.9 Å². The lowest BCUT2D eigenvalue weighted by Crippen LogP contribution is -2.22. The maximum atomic E-state index is 13.9. The van der Waals surface area contributed by atoms with Crippen LogP contribution in [0.5, 0.6) is 5.75 Å². The van der Waals surface area contributed by atoms with E-state index in [9.17, 15) is 13.9 Å². The van der Waals surface area contributed by atoms with E-state index in [2.05, 4.69) is 22.1 Å². The van der Waals surface area contributed by atoms with Crippen molar-refractivity contribution >= 4 is 23.3 Å². The first-order valence-electron chi connectivity index (χ1n) is 9.23. The molecule has 0 radical (unpaired) electrons. The number of nitrogens with zero attached hydrogens (tertiary/aromatic N) is 1. The molecule has 2 aromatic carbocycles. The molecule has 5 N–H and O–H groups in total. The van der Waals surface area contributed by atoms with Gasteiger partial charge in [0.1, 0.15) is 24.1 Å². The van der Waals surface area contributed by atoms with Crippen LogP contribution in [0, 0.1) is 17.0 Å². The van der Waals surface area contributed by atoms with Crippen molar-refractivity contribution < 1.29 is 28.5 Å². The molecule has 32 heavy (non-hydrogen) atoms. The van der Waals surface area contributed by atoms with Gasteiger partial charge in [-0.1, -0.05) is 29.8 Å². The number of hydrogen-bond acceptors (Lipinski definition) is 7. The van der Waals surface area contributed by atoms with Crippen LogP contribution >= 0.6 is 11.6 Å². The van der Waals surface area contributed by atoms with Crippen LogP contribution in [-0.4, -0.2) is 45.6 Å². The Morgan fingerprint density at radius 1 is 1.28 bits per heavy atom. The van der Waals surface area contributed by atoms with Crippen molar-refractivity contribution in [3.05, 3.63) is 77.1 Å². The quantitative estimate of drug-likeness (QED) is 0.187. The Morgan fingerprint density at radius 2 is 2.03 bits per heavy atom. The summed E-state index contributed by atoms with van der Waals surface area (Å²) < 4.78 is 37.5. The highest BCUT2D eigenvalue weighted by Crippen LogP contribution is 2.33. The van der Waals surface area contributed by atoms with Crippen LogP contribution < -0.4 is 10.1 Å². The van der Waals surface area contributed by atoms with Gasteiger partial charge in [-0.25, -0.2) is 8.78 Å². The van der Waals surface area contributed by atoms with Crippen LogP contribution in [0.3, 0.4) is 0 Å². The maximum Gasteiger partial charge on any atom is 0.219 e. The zero-order chi connectivity index (χ0) is 23.3. The van der Waals surface area contributed by atoms with Crippen molar-refractivity contribution in [1.82, 2.24) is 10.2 Å². The first-order chi connectivity index (χ1) is 15.3. The number of aliphatic hydroxyl groups excluding tert-OH is 2. The van der Waals surface area contributed by atoms with Crippen molar-refractivity contribution in [3.8, 4) is 17.0 Å². The molecule has 0 unspecified atom stereocenters. The Labute approximate surface area is 186 Å². The highest BCUT2D eigenvalue weighted by Gasteiger charge is 2.23. The number of benzene rings is 2. The van der Waals surface area contributed by atoms with Crippen molar-refractivity contribution in [1.29, 1.82) is 5.41 Å². The molecule has 1 atom stereocenters. The van der Waals surface area contributed by atoms with Crippen LogP contribution in [-0.2, 0) is 4.74 Å². The first-order valence-corrected chi connectivity index (χ1v) is 9.60. The lowest BCUT2D eigenvalue weighted by molar-refractivity contribution is 0.0496. The SMILES string of the molecule is C=C(Nc1n[nH]c(-c2ccccc2Cl)c1C(=N)OC[C@@H](O)CO)Oc1ccc(F)cc1F. The van der Waals surface area contributed by atoms with Crippen LogP contribution in [0.4, 0.5) is 14.6 Å². The molecule has 168 valence electrons. The number of H-pyrrole nitrogens is 1. The topological polar surface area (TPSA) is 123 Å². The van der Waals surface area contributed by atoms with E-state index in [4.69, 9.17) is 31.6 Å². The van der Waals surface area contributed by atoms with Crippen LogP contribution in [0.1, 0.15) is 5.56 Å². The summed E-state index contributed by atoms with van der Waals surface area (Å²) in [6.45, 7) is 2.74. The molecule has 0 aliphatic heterocycles. The molecule has 3 rings (SSSR count). The van der Waals surface area contributed by atoms with Gasteiger partial charge in [0, 0.05) is 16.7 Å². The van der Waals surface area contributed by atoms with Gasteiger partial charge in [-0.05, 0) is 24.8 Å². The van der Waals surface area contributed by atoms with Gasteiger partial charge in [0.05, 0.1) is 12.3 Å². The normalized spacial score (nSPS) is 11.7. The molecule has 0 amide bonds. The van der Waals surface area contributed by atoms with E-state index in [0.717, 1.165) is 12.1 Å². The molecule has 11 heteroatoms. The predicted octanol–water partition coefficient (Wildman–Crippen LogP) is 3.67. The number of nitrogens with one attached hydrogen (secondary N) is 3. The monoisotopic (exact) mass is 464 g/mol. The van der Waals surface area contributed by atoms with Crippen molar-refractivity contribution in [2.75, 3.05) is 18.5 Å². The Morgan fingerprint density at radius 3 is 2.72 bits per heavy atom. The maximum absolute atomic E-state index is 13.9. The first kappa shape index (κ1) is 23.2. The van der Waals surface area contributed by atoms with E-state index >= 15 is 0 Å². The Bertz CT molecular complexity index is 1140. The van der Waals surface area contributed by atoms with Crippen molar-refractivity contribution in [2.45, 2.75) is 6.10 Å². The second-order valence-corrected chi connectivity index (χ2v) is 6.91. The minimum absolute atomic E-state index is 0.0379. The summed E-state index contributed by atoms with van der Waals surface area (Å²) in [7, 11) is 0. The van der Waals surface area contributed by atoms with Gasteiger partial charge in [-0.15, -0.1) is 0 Å². The van der Waals surface area contributed by atoms with Gasteiger partial charge < -0.3 is 25.0 Å². The van der Waals surface area contributed by atoms with Gasteiger partial charge in [0.15, 0.2) is 23.3 Å². The minimum atomic E-state index is -1.19. The van der Waals surface area contributed by atoms with Crippen molar-refractivity contribution in [3.63, 3.8) is 0 Å². The summed E-state index contributed by atoms with van der Waals surface area (Å²) in [6.07, 6.45) is -1.19. The van der Waals surface area contributed by atoms with Gasteiger partial charge in [0.2, 0.25) is 5.90 Å². The second-order valence-electron chi connectivity index (χ2n) is 6.50. The van der Waals surface area contributed by atoms with E-state index in [-0.39, 0.29) is 29.6 Å². The number of aromatic nitrogens is 2. The molecule has 3 aromatic rings. The number of ether oxygens (including phenoxy) is 2. The third-order valence-electron chi connectivity index (χ3n) is 4.15. The average molecular weight is 465 g/mol. The smallest absolute Gasteiger partial charge is 0.219 e. The zero-order valence-electron chi connectivity index (χ0n) is 16.5. The fourth-order valence-corrected chi connectivity index (χ4v) is 2.90. The molecule has 0 fully saturated rings. The lowest BCUT2D eigenvalue weighted by Gasteiger charge is -2.14. The molecule has 0 spiro atoms. The van der Waals surface area contributed by atoms with E-state index in [1.807, 2.05) is 0 Å². The number of aromatic amines is 1. The number of rotatable bonds is 9. The van der Waals surface area contributed by atoms with Crippen molar-refractivity contribution in [2.24, 2.45) is 0 Å². The summed E-state index contributed by atoms with van der Waals surface area (Å²) in [6, 6.07) is 9.59. The van der Waals surface area contributed by atoms with Gasteiger partial charge in [0.25, 0.3) is 0 Å². The second kappa shape index (κ2) is 10.2. The number of aliphatic hydroxyl groups is 2. The van der Waals surface area contributed by atoms with Crippen LogP contribution in [0.2, 0.25) is 5.02 Å². The van der Waals surface area contributed by atoms with E-state index < -0.39 is 30.2 Å². The van der Waals surface area contributed by atoms with E-state index in [1.54, 1.807) is 24.3 Å². The molecule has 1 heterocycles. The Hall–Kier alpha value is -3.47. The Kier molecular flexibility index (Phi) is 7.41. The number of hydrogen-bond donors (Lipinski definition) is 5. The fourth-order valence-electron chi connectivity index (χ4n) is 2.67. The highest BCUT2D eigenvalue weighted by atomic mass is 35.5. The van der Waals surface area contributed by atoms with Gasteiger partial charge in [-0.2, -0.15) is 5.10 Å². The third kappa shape index (κ3) is 5.41. The number of halogens is 3. The fraction of sp³-hybridized carbons (Fsp3) is 0.143. The standard InChI is InChI=1S/C21H19ClF2N4O4/c1-11(32-17-7-6-12(23)8-16(17)24)26-21-18(20(25)31-10-13(30)9-29)19(27-28-21)14-4-2-3-5-15(14)22/h2-8,13,25,29-30H,1,9-10H2,(H2,26,27,28)/t13-/m0/s1. The zero-order valence-corrected chi connectivity index (χ0v) is 17.3. The third-order valence-corrected chi connectivity index (χ3v) is 4.48.